The van der Waals surface area contributed by atoms with Crippen molar-refractivity contribution in [3.63, 3.8) is 0 Å². The van der Waals surface area contributed by atoms with E-state index in [2.05, 4.69) is 40.9 Å². The van der Waals surface area contributed by atoms with Crippen molar-refractivity contribution in [2.45, 2.75) is 52.4 Å². The third-order valence-corrected chi connectivity index (χ3v) is 8.27. The second kappa shape index (κ2) is 8.22. The van der Waals surface area contributed by atoms with Gasteiger partial charge in [-0.2, -0.15) is 10.2 Å². The average molecular weight is 460 g/mol. The fourth-order valence-electron chi connectivity index (χ4n) is 5.66. The maximum atomic E-state index is 14.3. The second-order valence-electron chi connectivity index (χ2n) is 10.5. The van der Waals surface area contributed by atoms with Gasteiger partial charge in [-0.1, -0.05) is 32.9 Å². The molecule has 6 nitrogen and oxygen atoms in total. The van der Waals surface area contributed by atoms with Crippen molar-refractivity contribution >= 4 is 5.91 Å². The fourth-order valence-corrected chi connectivity index (χ4v) is 5.66. The van der Waals surface area contributed by atoms with Crippen LogP contribution in [0.5, 0.6) is 0 Å². The molecule has 3 aromatic rings. The quantitative estimate of drug-likeness (QED) is 0.554. The van der Waals surface area contributed by atoms with E-state index in [1.54, 1.807) is 30.6 Å². The molecular weight excluding hydrogens is 429 g/mol. The van der Waals surface area contributed by atoms with E-state index >= 15 is 0 Å². The summed E-state index contributed by atoms with van der Waals surface area (Å²) in [4.78, 5) is 24.6. The van der Waals surface area contributed by atoms with Crippen LogP contribution in [0.2, 0.25) is 0 Å². The van der Waals surface area contributed by atoms with E-state index in [-0.39, 0.29) is 29.0 Å². The standard InChI is InChI=1S/C27H30FN5O/c1-17-10-12-29-24(31-17)19-15-33(16-19)25(34)27(4)11-9-21(26(27,2)3)18-13-23(32-30-14-18)20-7-5-6-8-22(20)28/h5-8,10,12-14,19,21H,9,11,15-16H2,1-4H3/t21-,27-/m0/s1. The molecule has 0 bridgehead atoms. The van der Waals surface area contributed by atoms with Crippen LogP contribution in [0.25, 0.3) is 11.3 Å². The van der Waals surface area contributed by atoms with Crippen molar-refractivity contribution in [3.05, 3.63) is 71.7 Å². The highest BCUT2D eigenvalue weighted by Crippen LogP contribution is 2.61. The highest BCUT2D eigenvalue weighted by atomic mass is 19.1. The van der Waals surface area contributed by atoms with Gasteiger partial charge >= 0.3 is 0 Å². The van der Waals surface area contributed by atoms with Crippen LogP contribution in [-0.4, -0.2) is 44.1 Å². The summed E-state index contributed by atoms with van der Waals surface area (Å²) in [6, 6.07) is 10.4. The molecule has 0 radical (unpaired) electrons. The molecule has 1 saturated heterocycles. The minimum absolute atomic E-state index is 0.125. The molecule has 2 aromatic heterocycles. The average Bonchev–Trinajstić information content (AvgIpc) is 3.03. The molecule has 3 heterocycles. The first-order chi connectivity index (χ1) is 16.2. The molecule has 1 saturated carbocycles. The monoisotopic (exact) mass is 459 g/mol. The van der Waals surface area contributed by atoms with Crippen molar-refractivity contribution in [1.29, 1.82) is 0 Å². The zero-order chi connectivity index (χ0) is 24.1. The van der Waals surface area contributed by atoms with Gasteiger partial charge in [0.25, 0.3) is 0 Å². The molecule has 1 aliphatic heterocycles. The Hall–Kier alpha value is -3.22. The summed E-state index contributed by atoms with van der Waals surface area (Å²) < 4.78 is 14.3. The molecule has 1 amide bonds. The van der Waals surface area contributed by atoms with E-state index in [0.29, 0.717) is 24.3 Å². The molecule has 0 spiro atoms. The first kappa shape index (κ1) is 22.6. The van der Waals surface area contributed by atoms with Crippen LogP contribution in [0, 0.1) is 23.6 Å². The highest BCUT2D eigenvalue weighted by molar-refractivity contribution is 5.85. The van der Waals surface area contributed by atoms with Crippen molar-refractivity contribution in [2.24, 2.45) is 10.8 Å². The number of aryl methyl sites for hydroxylation is 1. The number of likely N-dealkylation sites (tertiary alicyclic amines) is 1. The third kappa shape index (κ3) is 3.58. The van der Waals surface area contributed by atoms with Gasteiger partial charge in [0, 0.05) is 30.5 Å². The van der Waals surface area contributed by atoms with Gasteiger partial charge in [-0.05, 0) is 60.9 Å². The van der Waals surface area contributed by atoms with Gasteiger partial charge in [0.15, 0.2) is 0 Å². The smallest absolute Gasteiger partial charge is 0.229 e. The van der Waals surface area contributed by atoms with Crippen molar-refractivity contribution < 1.29 is 9.18 Å². The zero-order valence-electron chi connectivity index (χ0n) is 20.1. The molecule has 1 aromatic carbocycles. The Morgan fingerprint density at radius 3 is 2.65 bits per heavy atom. The Kier molecular flexibility index (Phi) is 5.46. The summed E-state index contributed by atoms with van der Waals surface area (Å²) in [6.07, 6.45) is 5.22. The van der Waals surface area contributed by atoms with E-state index in [0.717, 1.165) is 29.9 Å². The number of benzene rings is 1. The first-order valence-electron chi connectivity index (χ1n) is 11.9. The maximum absolute atomic E-state index is 14.3. The molecular formula is C27H30FN5O. The molecule has 34 heavy (non-hydrogen) atoms. The number of halogens is 1. The van der Waals surface area contributed by atoms with Crippen LogP contribution in [0.3, 0.4) is 0 Å². The molecule has 176 valence electrons. The second-order valence-corrected chi connectivity index (χ2v) is 10.5. The summed E-state index contributed by atoms with van der Waals surface area (Å²) in [7, 11) is 0. The Labute approximate surface area is 199 Å². The number of hydrogen-bond acceptors (Lipinski definition) is 5. The Morgan fingerprint density at radius 2 is 1.91 bits per heavy atom. The number of carbonyl (C=O) groups is 1. The summed E-state index contributed by atoms with van der Waals surface area (Å²) >= 11 is 0. The van der Waals surface area contributed by atoms with Gasteiger partial charge in [-0.3, -0.25) is 4.79 Å². The minimum Gasteiger partial charge on any atom is -0.341 e. The largest absolute Gasteiger partial charge is 0.341 e. The third-order valence-electron chi connectivity index (χ3n) is 8.27. The van der Waals surface area contributed by atoms with Crippen LogP contribution < -0.4 is 0 Å². The fraction of sp³-hybridized carbons (Fsp3) is 0.444. The number of rotatable bonds is 4. The summed E-state index contributed by atoms with van der Waals surface area (Å²) in [5.74, 6) is 1.02. The van der Waals surface area contributed by atoms with Crippen LogP contribution in [0.15, 0.2) is 48.8 Å². The molecule has 0 unspecified atom stereocenters. The molecule has 2 fully saturated rings. The van der Waals surface area contributed by atoms with Crippen molar-refractivity contribution in [2.75, 3.05) is 13.1 Å². The minimum atomic E-state index is -0.502. The Balaban J connectivity index is 1.35. The van der Waals surface area contributed by atoms with Gasteiger partial charge < -0.3 is 4.90 Å². The van der Waals surface area contributed by atoms with Gasteiger partial charge in [0.1, 0.15) is 11.6 Å². The predicted octanol–water partition coefficient (Wildman–Crippen LogP) is 4.92. The van der Waals surface area contributed by atoms with Crippen LogP contribution in [-0.2, 0) is 4.79 Å². The number of nitrogens with zero attached hydrogens (tertiary/aromatic N) is 5. The summed E-state index contributed by atoms with van der Waals surface area (Å²) in [5.41, 5.74) is 2.11. The Morgan fingerprint density at radius 1 is 1.15 bits per heavy atom. The van der Waals surface area contributed by atoms with Crippen molar-refractivity contribution in [1.82, 2.24) is 25.1 Å². The molecule has 5 rings (SSSR count). The highest BCUT2D eigenvalue weighted by Gasteiger charge is 2.58. The normalized spacial score (nSPS) is 24.1. The van der Waals surface area contributed by atoms with E-state index in [1.165, 1.54) is 6.07 Å². The summed E-state index contributed by atoms with van der Waals surface area (Å²) in [6.45, 7) is 9.72. The lowest BCUT2D eigenvalue weighted by Gasteiger charge is -2.47. The van der Waals surface area contributed by atoms with Gasteiger partial charge in [-0.25, -0.2) is 14.4 Å². The molecule has 7 heteroatoms. The first-order valence-corrected chi connectivity index (χ1v) is 11.9. The number of amides is 1. The number of carbonyl (C=O) groups excluding carboxylic acids is 1. The molecule has 2 aliphatic rings. The van der Waals surface area contributed by atoms with Crippen molar-refractivity contribution in [3.8, 4) is 11.3 Å². The lowest BCUT2D eigenvalue weighted by atomic mass is 9.63. The van der Waals surface area contributed by atoms with E-state index in [4.69, 9.17) is 0 Å². The number of aromatic nitrogens is 4. The maximum Gasteiger partial charge on any atom is 0.229 e. The van der Waals surface area contributed by atoms with E-state index < -0.39 is 5.41 Å². The predicted molar refractivity (Wildman–Crippen MR) is 127 cm³/mol. The van der Waals surface area contributed by atoms with Crippen LogP contribution in [0.1, 0.15) is 62.5 Å². The Bertz CT molecular complexity index is 1240. The molecule has 2 atom stereocenters. The lowest BCUT2D eigenvalue weighted by Crippen LogP contribution is -2.56. The van der Waals surface area contributed by atoms with Gasteiger partial charge in [-0.15, -0.1) is 0 Å². The zero-order valence-corrected chi connectivity index (χ0v) is 20.1. The van der Waals surface area contributed by atoms with Crippen LogP contribution >= 0.6 is 0 Å². The van der Waals surface area contributed by atoms with E-state index in [1.807, 2.05) is 24.0 Å². The van der Waals surface area contributed by atoms with Gasteiger partial charge in [0.05, 0.1) is 23.2 Å². The van der Waals surface area contributed by atoms with Crippen LogP contribution in [0.4, 0.5) is 4.39 Å². The summed E-state index contributed by atoms with van der Waals surface area (Å²) in [5, 5.41) is 8.37. The SMILES string of the molecule is Cc1ccnc(C2CN(C(=O)[C@]3(C)CC[C@@H](c4cnnc(-c5ccccc5F)c4)C3(C)C)C2)n1. The molecule has 0 N–H and O–H groups in total. The van der Waals surface area contributed by atoms with Gasteiger partial charge in [0.2, 0.25) is 5.91 Å². The topological polar surface area (TPSA) is 71.9 Å². The molecule has 1 aliphatic carbocycles. The lowest BCUT2D eigenvalue weighted by molar-refractivity contribution is -0.151. The van der Waals surface area contributed by atoms with E-state index in [9.17, 15) is 9.18 Å². The number of hydrogen-bond donors (Lipinski definition) is 0.